The lowest BCUT2D eigenvalue weighted by Gasteiger charge is -2.31. The standard InChI is InChI=1S/C18H25ClN2O3/c1-20-17(22)13-24-18(23)21-10-8-14(9-11-21)4-2-5-15-6-3-7-16(19)12-15/h3,6-7,12,14H,2,4-5,8-11,13H2,1H3,(H,20,22). The smallest absolute Gasteiger partial charge is 0.410 e. The van der Waals surface area contributed by atoms with E-state index >= 15 is 0 Å². The number of carbonyl (C=O) groups excluding carboxylic acids is 2. The average Bonchev–Trinajstić information content (AvgIpc) is 2.60. The van der Waals surface area contributed by atoms with E-state index in [2.05, 4.69) is 11.4 Å². The van der Waals surface area contributed by atoms with Crippen molar-refractivity contribution in [2.45, 2.75) is 32.1 Å². The number of likely N-dealkylation sites (N-methyl/N-ethyl adjacent to an activating group) is 1. The molecule has 0 atom stereocenters. The average molecular weight is 353 g/mol. The van der Waals surface area contributed by atoms with Crippen LogP contribution in [-0.2, 0) is 16.0 Å². The van der Waals surface area contributed by atoms with E-state index in [1.165, 1.54) is 12.6 Å². The Bertz CT molecular complexity index is 557. The Morgan fingerprint density at radius 3 is 2.75 bits per heavy atom. The Labute approximate surface area is 148 Å². The van der Waals surface area contributed by atoms with Crippen LogP contribution in [0.25, 0.3) is 0 Å². The van der Waals surface area contributed by atoms with Crippen molar-refractivity contribution < 1.29 is 14.3 Å². The lowest BCUT2D eigenvalue weighted by Crippen LogP contribution is -2.40. The molecule has 132 valence electrons. The van der Waals surface area contributed by atoms with Gasteiger partial charge in [-0.1, -0.05) is 23.7 Å². The van der Waals surface area contributed by atoms with Gasteiger partial charge in [0, 0.05) is 25.2 Å². The predicted octanol–water partition coefficient (Wildman–Crippen LogP) is 3.26. The summed E-state index contributed by atoms with van der Waals surface area (Å²) in [6.45, 7) is 1.19. The zero-order valence-corrected chi connectivity index (χ0v) is 14.8. The quantitative estimate of drug-likeness (QED) is 0.854. The fourth-order valence-corrected chi connectivity index (χ4v) is 3.20. The van der Waals surface area contributed by atoms with Gasteiger partial charge < -0.3 is 15.0 Å². The van der Waals surface area contributed by atoms with Gasteiger partial charge in [0.15, 0.2) is 6.61 Å². The molecule has 24 heavy (non-hydrogen) atoms. The molecular formula is C18H25ClN2O3. The van der Waals surface area contributed by atoms with E-state index in [0.29, 0.717) is 19.0 Å². The molecule has 2 amide bonds. The second kappa shape index (κ2) is 9.52. The SMILES string of the molecule is CNC(=O)COC(=O)N1CCC(CCCc2cccc(Cl)c2)CC1. The molecule has 0 aromatic heterocycles. The summed E-state index contributed by atoms with van der Waals surface area (Å²) in [7, 11) is 1.52. The van der Waals surface area contributed by atoms with Crippen molar-refractivity contribution in [2.75, 3.05) is 26.7 Å². The van der Waals surface area contributed by atoms with Crippen molar-refractivity contribution in [3.8, 4) is 0 Å². The van der Waals surface area contributed by atoms with Crippen molar-refractivity contribution in [3.05, 3.63) is 34.9 Å². The minimum Gasteiger partial charge on any atom is -0.439 e. The van der Waals surface area contributed by atoms with Gasteiger partial charge in [-0.2, -0.15) is 0 Å². The highest BCUT2D eigenvalue weighted by Gasteiger charge is 2.23. The molecule has 0 radical (unpaired) electrons. The van der Waals surface area contributed by atoms with E-state index < -0.39 is 6.09 Å². The molecule has 6 heteroatoms. The van der Waals surface area contributed by atoms with Crippen LogP contribution < -0.4 is 5.32 Å². The number of nitrogens with one attached hydrogen (secondary N) is 1. The first kappa shape index (κ1) is 18.6. The minimum atomic E-state index is -0.393. The Balaban J connectivity index is 1.63. The molecule has 0 bridgehead atoms. The summed E-state index contributed by atoms with van der Waals surface area (Å²) in [6.07, 6.45) is 4.92. The van der Waals surface area contributed by atoms with E-state index in [0.717, 1.165) is 37.1 Å². The molecule has 1 aliphatic heterocycles. The van der Waals surface area contributed by atoms with Crippen molar-refractivity contribution >= 4 is 23.6 Å². The van der Waals surface area contributed by atoms with E-state index in [-0.39, 0.29) is 12.5 Å². The Hall–Kier alpha value is -1.75. The van der Waals surface area contributed by atoms with Crippen LogP contribution in [0.1, 0.15) is 31.2 Å². The molecule has 0 spiro atoms. The van der Waals surface area contributed by atoms with Gasteiger partial charge in [0.25, 0.3) is 5.91 Å². The molecular weight excluding hydrogens is 328 g/mol. The van der Waals surface area contributed by atoms with Crippen molar-refractivity contribution in [2.24, 2.45) is 5.92 Å². The highest BCUT2D eigenvalue weighted by molar-refractivity contribution is 6.30. The van der Waals surface area contributed by atoms with Gasteiger partial charge in [0.05, 0.1) is 0 Å². The normalized spacial score (nSPS) is 15.2. The fraction of sp³-hybridized carbons (Fsp3) is 0.556. The third-order valence-electron chi connectivity index (χ3n) is 4.45. The van der Waals surface area contributed by atoms with Gasteiger partial charge in [-0.25, -0.2) is 4.79 Å². The minimum absolute atomic E-state index is 0.213. The zero-order chi connectivity index (χ0) is 17.4. The first-order valence-corrected chi connectivity index (χ1v) is 8.83. The number of aryl methyl sites for hydroxylation is 1. The van der Waals surface area contributed by atoms with Crippen LogP contribution in [0.4, 0.5) is 4.79 Å². The molecule has 5 nitrogen and oxygen atoms in total. The number of rotatable bonds is 6. The van der Waals surface area contributed by atoms with Gasteiger partial charge in [0.2, 0.25) is 0 Å². The number of halogens is 1. The zero-order valence-electron chi connectivity index (χ0n) is 14.1. The summed E-state index contributed by atoms with van der Waals surface area (Å²) in [5, 5.41) is 3.22. The van der Waals surface area contributed by atoms with Crippen LogP contribution in [0.2, 0.25) is 5.02 Å². The van der Waals surface area contributed by atoms with E-state index in [1.54, 1.807) is 4.90 Å². The van der Waals surface area contributed by atoms with Gasteiger partial charge in [-0.3, -0.25) is 4.79 Å². The number of nitrogens with zero attached hydrogens (tertiary/aromatic N) is 1. The number of hydrogen-bond donors (Lipinski definition) is 1. The molecule has 2 rings (SSSR count). The maximum Gasteiger partial charge on any atom is 0.410 e. The van der Waals surface area contributed by atoms with E-state index in [4.69, 9.17) is 16.3 Å². The number of amides is 2. The van der Waals surface area contributed by atoms with Crippen LogP contribution in [0.5, 0.6) is 0 Å². The number of ether oxygens (including phenoxy) is 1. The van der Waals surface area contributed by atoms with Gasteiger partial charge in [-0.05, 0) is 55.7 Å². The Morgan fingerprint density at radius 2 is 2.08 bits per heavy atom. The Morgan fingerprint density at radius 1 is 1.33 bits per heavy atom. The second-order valence-corrected chi connectivity index (χ2v) is 6.62. The van der Waals surface area contributed by atoms with Gasteiger partial charge in [0.1, 0.15) is 0 Å². The highest BCUT2D eigenvalue weighted by atomic mass is 35.5. The summed E-state index contributed by atoms with van der Waals surface area (Å²) < 4.78 is 4.98. The Kier molecular flexibility index (Phi) is 7.37. The van der Waals surface area contributed by atoms with Gasteiger partial charge >= 0.3 is 6.09 Å². The van der Waals surface area contributed by atoms with Crippen LogP contribution in [0.3, 0.4) is 0 Å². The molecule has 0 saturated carbocycles. The van der Waals surface area contributed by atoms with Crippen molar-refractivity contribution in [1.29, 1.82) is 0 Å². The number of benzene rings is 1. The largest absolute Gasteiger partial charge is 0.439 e. The van der Waals surface area contributed by atoms with Crippen LogP contribution in [0, 0.1) is 5.92 Å². The molecule has 1 aliphatic rings. The van der Waals surface area contributed by atoms with Gasteiger partial charge in [-0.15, -0.1) is 0 Å². The molecule has 1 aromatic rings. The molecule has 1 fully saturated rings. The lowest BCUT2D eigenvalue weighted by molar-refractivity contribution is -0.123. The molecule has 0 aliphatic carbocycles. The molecule has 1 aromatic carbocycles. The van der Waals surface area contributed by atoms with Crippen LogP contribution in [0.15, 0.2) is 24.3 Å². The third-order valence-corrected chi connectivity index (χ3v) is 4.68. The van der Waals surface area contributed by atoms with E-state index in [9.17, 15) is 9.59 Å². The number of hydrogen-bond acceptors (Lipinski definition) is 3. The number of carbonyl (C=O) groups is 2. The third kappa shape index (κ3) is 6.04. The summed E-state index contributed by atoms with van der Waals surface area (Å²) in [5.74, 6) is 0.353. The number of piperidine rings is 1. The summed E-state index contributed by atoms with van der Waals surface area (Å²) in [6, 6.07) is 8.01. The molecule has 0 unspecified atom stereocenters. The first-order valence-electron chi connectivity index (χ1n) is 8.45. The summed E-state index contributed by atoms with van der Waals surface area (Å²) >= 11 is 6.00. The monoisotopic (exact) mass is 352 g/mol. The number of likely N-dealkylation sites (tertiary alicyclic amines) is 1. The fourth-order valence-electron chi connectivity index (χ4n) is 2.98. The maximum atomic E-state index is 11.9. The highest BCUT2D eigenvalue weighted by Crippen LogP contribution is 2.23. The topological polar surface area (TPSA) is 58.6 Å². The lowest BCUT2D eigenvalue weighted by atomic mass is 9.91. The second-order valence-electron chi connectivity index (χ2n) is 6.18. The molecule has 1 saturated heterocycles. The summed E-state index contributed by atoms with van der Waals surface area (Å²) in [5.41, 5.74) is 1.28. The predicted molar refractivity (Wildman–Crippen MR) is 94.1 cm³/mol. The first-order chi connectivity index (χ1) is 11.6. The summed E-state index contributed by atoms with van der Waals surface area (Å²) in [4.78, 5) is 24.7. The van der Waals surface area contributed by atoms with Crippen LogP contribution in [-0.4, -0.2) is 43.6 Å². The molecule has 1 heterocycles. The maximum absolute atomic E-state index is 11.9. The van der Waals surface area contributed by atoms with Crippen molar-refractivity contribution in [3.63, 3.8) is 0 Å². The molecule has 1 N–H and O–H groups in total. The van der Waals surface area contributed by atoms with Crippen LogP contribution >= 0.6 is 11.6 Å². The van der Waals surface area contributed by atoms with E-state index in [1.807, 2.05) is 18.2 Å². The van der Waals surface area contributed by atoms with Crippen molar-refractivity contribution in [1.82, 2.24) is 10.2 Å².